The molecule has 0 aliphatic heterocycles. The predicted molar refractivity (Wildman–Crippen MR) is 112 cm³/mol. The highest BCUT2D eigenvalue weighted by Gasteiger charge is 2.19. The first kappa shape index (κ1) is 21.0. The van der Waals surface area contributed by atoms with Gasteiger partial charge < -0.3 is 4.74 Å². The lowest BCUT2D eigenvalue weighted by Crippen LogP contribution is -2.27. The van der Waals surface area contributed by atoms with E-state index >= 15 is 0 Å². The van der Waals surface area contributed by atoms with Gasteiger partial charge in [-0.2, -0.15) is 5.10 Å². The molecule has 2 aromatic carbocycles. The Bertz CT molecular complexity index is 1140. The number of fused-ring (bicyclic) bond motifs is 1. The quantitative estimate of drug-likeness (QED) is 0.404. The standard InChI is InChI=1S/C21H18Cl2N2O4/c1-2-3-10-25-20(27)15-7-5-4-6-14(15)19(24-25)21(28)29-12-18(26)13-8-9-16(22)17(23)11-13/h4-9,11H,2-3,10,12H2,1H3. The number of nitrogens with zero attached hydrogens (tertiary/aromatic N) is 2. The van der Waals surface area contributed by atoms with Crippen molar-refractivity contribution in [3.8, 4) is 0 Å². The maximum absolute atomic E-state index is 12.7. The molecule has 0 saturated carbocycles. The molecule has 0 bridgehead atoms. The second kappa shape index (κ2) is 9.20. The Balaban J connectivity index is 1.86. The van der Waals surface area contributed by atoms with E-state index in [-0.39, 0.29) is 21.8 Å². The normalized spacial score (nSPS) is 10.9. The summed E-state index contributed by atoms with van der Waals surface area (Å²) in [7, 11) is 0. The fourth-order valence-electron chi connectivity index (χ4n) is 2.80. The maximum atomic E-state index is 12.7. The van der Waals surface area contributed by atoms with Gasteiger partial charge in [-0.05, 0) is 30.7 Å². The molecule has 0 fully saturated rings. The highest BCUT2D eigenvalue weighted by molar-refractivity contribution is 6.42. The van der Waals surface area contributed by atoms with Crippen molar-refractivity contribution in [1.29, 1.82) is 0 Å². The highest BCUT2D eigenvalue weighted by Crippen LogP contribution is 2.23. The number of carbonyl (C=O) groups is 2. The Morgan fingerprint density at radius 2 is 1.79 bits per heavy atom. The topological polar surface area (TPSA) is 78.3 Å². The molecule has 0 atom stereocenters. The Morgan fingerprint density at radius 3 is 2.48 bits per heavy atom. The number of esters is 1. The number of halogens is 2. The van der Waals surface area contributed by atoms with Gasteiger partial charge >= 0.3 is 5.97 Å². The Morgan fingerprint density at radius 1 is 1.07 bits per heavy atom. The molecule has 0 aliphatic carbocycles. The van der Waals surface area contributed by atoms with Gasteiger partial charge in [0.2, 0.25) is 0 Å². The van der Waals surface area contributed by atoms with Gasteiger partial charge in [0.05, 0.1) is 15.4 Å². The molecule has 0 radical (unpaired) electrons. The molecule has 3 aromatic rings. The van der Waals surface area contributed by atoms with E-state index in [9.17, 15) is 14.4 Å². The molecule has 0 aliphatic rings. The van der Waals surface area contributed by atoms with Crippen LogP contribution in [0.1, 0.15) is 40.6 Å². The van der Waals surface area contributed by atoms with Gasteiger partial charge in [-0.3, -0.25) is 9.59 Å². The van der Waals surface area contributed by atoms with Crippen molar-refractivity contribution in [3.05, 3.63) is 74.1 Å². The molecule has 150 valence electrons. The van der Waals surface area contributed by atoms with Crippen LogP contribution in [0, 0.1) is 0 Å². The third-order valence-corrected chi connectivity index (χ3v) is 5.10. The summed E-state index contributed by atoms with van der Waals surface area (Å²) in [6, 6.07) is 11.1. The van der Waals surface area contributed by atoms with Crippen LogP contribution in [-0.2, 0) is 11.3 Å². The van der Waals surface area contributed by atoms with Crippen LogP contribution in [0.3, 0.4) is 0 Å². The SMILES string of the molecule is CCCCn1nc(C(=O)OCC(=O)c2ccc(Cl)c(Cl)c2)c2ccccc2c1=O. The first-order valence-electron chi connectivity index (χ1n) is 9.07. The van der Waals surface area contributed by atoms with E-state index in [0.717, 1.165) is 12.8 Å². The second-order valence-electron chi connectivity index (χ2n) is 6.40. The summed E-state index contributed by atoms with van der Waals surface area (Å²) >= 11 is 11.8. The predicted octanol–water partition coefficient (Wildman–Crippen LogP) is 4.54. The lowest BCUT2D eigenvalue weighted by atomic mass is 10.1. The number of hydrogen-bond donors (Lipinski definition) is 0. The Labute approximate surface area is 177 Å². The van der Waals surface area contributed by atoms with Crippen molar-refractivity contribution in [2.24, 2.45) is 0 Å². The first-order valence-corrected chi connectivity index (χ1v) is 9.83. The van der Waals surface area contributed by atoms with Crippen LogP contribution in [0.2, 0.25) is 10.0 Å². The summed E-state index contributed by atoms with van der Waals surface area (Å²) < 4.78 is 6.45. The van der Waals surface area contributed by atoms with Crippen LogP contribution in [0.4, 0.5) is 0 Å². The molecular weight excluding hydrogens is 415 g/mol. The molecule has 0 amide bonds. The number of unbranched alkanes of at least 4 members (excludes halogenated alkanes) is 1. The van der Waals surface area contributed by atoms with Crippen LogP contribution >= 0.6 is 23.2 Å². The molecular formula is C21H18Cl2N2O4. The smallest absolute Gasteiger partial charge is 0.359 e. The van der Waals surface area contributed by atoms with Crippen molar-refractivity contribution in [2.45, 2.75) is 26.3 Å². The number of aromatic nitrogens is 2. The zero-order valence-corrected chi connectivity index (χ0v) is 17.2. The monoisotopic (exact) mass is 432 g/mol. The highest BCUT2D eigenvalue weighted by atomic mass is 35.5. The van der Waals surface area contributed by atoms with E-state index in [2.05, 4.69) is 5.10 Å². The number of rotatable bonds is 7. The van der Waals surface area contributed by atoms with Gasteiger partial charge in [0.15, 0.2) is 18.1 Å². The average Bonchev–Trinajstić information content (AvgIpc) is 2.73. The van der Waals surface area contributed by atoms with E-state index in [1.54, 1.807) is 24.3 Å². The number of ketones is 1. The summed E-state index contributed by atoms with van der Waals surface area (Å²) in [5, 5.41) is 5.52. The van der Waals surface area contributed by atoms with Gasteiger partial charge in [0, 0.05) is 17.5 Å². The fourth-order valence-corrected chi connectivity index (χ4v) is 3.10. The number of ether oxygens (including phenoxy) is 1. The average molecular weight is 433 g/mol. The Kier molecular flexibility index (Phi) is 6.67. The summed E-state index contributed by atoms with van der Waals surface area (Å²) in [6.45, 7) is 1.90. The number of carbonyl (C=O) groups excluding carboxylic acids is 2. The molecule has 6 nitrogen and oxygen atoms in total. The van der Waals surface area contributed by atoms with Gasteiger partial charge in [-0.25, -0.2) is 9.48 Å². The van der Waals surface area contributed by atoms with Crippen LogP contribution in [0.25, 0.3) is 10.8 Å². The van der Waals surface area contributed by atoms with E-state index in [1.807, 2.05) is 6.92 Å². The summed E-state index contributed by atoms with van der Waals surface area (Å²) in [5.74, 6) is -1.21. The summed E-state index contributed by atoms with van der Waals surface area (Å²) in [6.07, 6.45) is 1.62. The van der Waals surface area contributed by atoms with E-state index in [0.29, 0.717) is 22.3 Å². The van der Waals surface area contributed by atoms with Crippen molar-refractivity contribution in [2.75, 3.05) is 6.61 Å². The van der Waals surface area contributed by atoms with E-state index in [4.69, 9.17) is 27.9 Å². The molecule has 29 heavy (non-hydrogen) atoms. The lowest BCUT2D eigenvalue weighted by Gasteiger charge is -2.10. The molecule has 3 rings (SSSR count). The lowest BCUT2D eigenvalue weighted by molar-refractivity contribution is 0.0468. The number of aryl methyl sites for hydroxylation is 1. The van der Waals surface area contributed by atoms with Gasteiger partial charge in [0.25, 0.3) is 5.56 Å². The second-order valence-corrected chi connectivity index (χ2v) is 7.22. The number of benzene rings is 2. The Hall–Kier alpha value is -2.70. The summed E-state index contributed by atoms with van der Waals surface area (Å²) in [5.41, 5.74) is 0.00802. The maximum Gasteiger partial charge on any atom is 0.359 e. The van der Waals surface area contributed by atoms with Crippen LogP contribution in [0.15, 0.2) is 47.3 Å². The fraction of sp³-hybridized carbons (Fsp3) is 0.238. The van der Waals surface area contributed by atoms with E-state index in [1.165, 1.54) is 22.9 Å². The first-order chi connectivity index (χ1) is 13.9. The molecule has 1 heterocycles. The van der Waals surface area contributed by atoms with Crippen LogP contribution < -0.4 is 5.56 Å². The minimum atomic E-state index is -0.778. The zero-order valence-electron chi connectivity index (χ0n) is 15.7. The molecule has 8 heteroatoms. The number of Topliss-reactive ketones (excluding diaryl/α,β-unsaturated/α-hetero) is 1. The van der Waals surface area contributed by atoms with Crippen molar-refractivity contribution >= 4 is 45.7 Å². The third kappa shape index (κ3) is 4.66. The van der Waals surface area contributed by atoms with Gasteiger partial charge in [-0.1, -0.05) is 54.7 Å². The van der Waals surface area contributed by atoms with E-state index < -0.39 is 18.4 Å². The molecule has 0 N–H and O–H groups in total. The van der Waals surface area contributed by atoms with Gasteiger partial charge in [-0.15, -0.1) is 0 Å². The van der Waals surface area contributed by atoms with Crippen LogP contribution in [-0.4, -0.2) is 28.1 Å². The molecule has 0 saturated heterocycles. The van der Waals surface area contributed by atoms with Gasteiger partial charge in [0.1, 0.15) is 0 Å². The largest absolute Gasteiger partial charge is 0.452 e. The van der Waals surface area contributed by atoms with Crippen molar-refractivity contribution in [3.63, 3.8) is 0 Å². The summed E-state index contributed by atoms with van der Waals surface area (Å²) in [4.78, 5) is 37.6. The zero-order chi connectivity index (χ0) is 21.0. The minimum absolute atomic E-state index is 0.00163. The number of hydrogen-bond acceptors (Lipinski definition) is 5. The molecule has 0 spiro atoms. The van der Waals surface area contributed by atoms with Crippen LogP contribution in [0.5, 0.6) is 0 Å². The van der Waals surface area contributed by atoms with Crippen molar-refractivity contribution < 1.29 is 14.3 Å². The van der Waals surface area contributed by atoms with Crippen molar-refractivity contribution in [1.82, 2.24) is 9.78 Å². The molecule has 0 unspecified atom stereocenters. The minimum Gasteiger partial charge on any atom is -0.452 e. The molecule has 1 aromatic heterocycles. The third-order valence-electron chi connectivity index (χ3n) is 4.36.